The Morgan fingerprint density at radius 3 is 2.81 bits per heavy atom. The Hall–Kier alpha value is -1.17. The largest absolute Gasteiger partial charge is 0.332 e. The molecule has 1 amide bonds. The van der Waals surface area contributed by atoms with Gasteiger partial charge in [0, 0.05) is 18.1 Å². The average Bonchev–Trinajstić information content (AvgIpc) is 2.62. The van der Waals surface area contributed by atoms with Crippen molar-refractivity contribution in [2.24, 2.45) is 0 Å². The summed E-state index contributed by atoms with van der Waals surface area (Å²) >= 11 is 5.46. The highest BCUT2D eigenvalue weighted by Gasteiger charge is 2.21. The Morgan fingerprint density at radius 2 is 2.38 bits per heavy atom. The zero-order valence-electron chi connectivity index (χ0n) is 8.71. The highest BCUT2D eigenvalue weighted by atomic mass is 35.5. The number of nitrogens with zero attached hydrogens (tertiary/aromatic N) is 2. The number of amides is 1. The van der Waals surface area contributed by atoms with Gasteiger partial charge in [-0.2, -0.15) is 5.10 Å². The van der Waals surface area contributed by atoms with Crippen LogP contribution in [0.15, 0.2) is 6.20 Å². The summed E-state index contributed by atoms with van der Waals surface area (Å²) in [6.07, 6.45) is -1.25. The summed E-state index contributed by atoms with van der Waals surface area (Å²) in [7, 11) is 0. The molecule has 0 bridgehead atoms. The number of aromatic amines is 1. The molecule has 1 aromatic rings. The lowest BCUT2D eigenvalue weighted by molar-refractivity contribution is 0.0570. The lowest BCUT2D eigenvalue weighted by Crippen LogP contribution is -2.36. The second kappa shape index (κ2) is 5.79. The van der Waals surface area contributed by atoms with Crippen molar-refractivity contribution in [2.75, 3.05) is 19.0 Å². The number of aromatic nitrogens is 2. The van der Waals surface area contributed by atoms with Crippen LogP contribution in [0.2, 0.25) is 0 Å². The van der Waals surface area contributed by atoms with Crippen molar-refractivity contribution < 1.29 is 13.6 Å². The van der Waals surface area contributed by atoms with E-state index in [0.29, 0.717) is 11.3 Å². The Bertz CT molecular complexity index is 356. The number of carbonyl (C=O) groups is 1. The lowest BCUT2D eigenvalue weighted by Gasteiger charge is -2.20. The van der Waals surface area contributed by atoms with Crippen molar-refractivity contribution in [3.8, 4) is 0 Å². The third-order valence-electron chi connectivity index (χ3n) is 2.06. The lowest BCUT2D eigenvalue weighted by atomic mass is 10.2. The van der Waals surface area contributed by atoms with Crippen molar-refractivity contribution in [1.29, 1.82) is 0 Å². The van der Waals surface area contributed by atoms with Gasteiger partial charge in [0.2, 0.25) is 0 Å². The van der Waals surface area contributed by atoms with E-state index >= 15 is 0 Å². The first-order chi connectivity index (χ1) is 7.56. The minimum atomic E-state index is -2.57. The first kappa shape index (κ1) is 12.9. The quantitative estimate of drug-likeness (QED) is 0.810. The summed E-state index contributed by atoms with van der Waals surface area (Å²) < 4.78 is 24.5. The molecule has 90 valence electrons. The number of H-pyrrole nitrogens is 1. The maximum absolute atomic E-state index is 12.3. The molecule has 1 aromatic heterocycles. The van der Waals surface area contributed by atoms with Crippen LogP contribution in [0.1, 0.15) is 16.1 Å². The van der Waals surface area contributed by atoms with Crippen LogP contribution in [0.3, 0.4) is 0 Å². The third kappa shape index (κ3) is 3.16. The predicted octanol–water partition coefficient (Wildman–Crippen LogP) is 1.66. The molecule has 0 atom stereocenters. The summed E-state index contributed by atoms with van der Waals surface area (Å²) in [5.74, 6) is -0.359. The standard InChI is InChI=1S/C9H12ClF2N3O/c1-6-7(4-13-14-6)9(16)15(3-2-10)5-8(11)12/h4,8H,2-3,5H2,1H3,(H,13,14). The third-order valence-corrected chi connectivity index (χ3v) is 2.23. The van der Waals surface area contributed by atoms with Crippen LogP contribution in [-0.2, 0) is 0 Å². The van der Waals surface area contributed by atoms with Gasteiger partial charge in [-0.15, -0.1) is 11.6 Å². The van der Waals surface area contributed by atoms with Gasteiger partial charge in [0.25, 0.3) is 12.3 Å². The molecule has 0 unspecified atom stereocenters. The van der Waals surface area contributed by atoms with Gasteiger partial charge in [-0.05, 0) is 6.92 Å². The smallest absolute Gasteiger partial charge is 0.257 e. The van der Waals surface area contributed by atoms with Crippen molar-refractivity contribution in [2.45, 2.75) is 13.3 Å². The van der Waals surface area contributed by atoms with Crippen LogP contribution in [0.25, 0.3) is 0 Å². The number of carbonyl (C=O) groups excluding carboxylic acids is 1. The maximum Gasteiger partial charge on any atom is 0.257 e. The van der Waals surface area contributed by atoms with E-state index < -0.39 is 18.9 Å². The molecule has 0 radical (unpaired) electrons. The van der Waals surface area contributed by atoms with E-state index in [1.54, 1.807) is 6.92 Å². The van der Waals surface area contributed by atoms with E-state index in [0.717, 1.165) is 4.90 Å². The molecule has 7 heteroatoms. The molecule has 1 heterocycles. The fourth-order valence-electron chi connectivity index (χ4n) is 1.28. The van der Waals surface area contributed by atoms with Gasteiger partial charge >= 0.3 is 0 Å². The zero-order valence-corrected chi connectivity index (χ0v) is 9.47. The number of aryl methyl sites for hydroxylation is 1. The Kier molecular flexibility index (Phi) is 4.67. The number of halogens is 3. The van der Waals surface area contributed by atoms with Crippen molar-refractivity contribution in [3.63, 3.8) is 0 Å². The molecule has 0 saturated carbocycles. The molecule has 0 spiro atoms. The highest BCUT2D eigenvalue weighted by molar-refractivity contribution is 6.18. The summed E-state index contributed by atoms with van der Waals surface area (Å²) in [5.41, 5.74) is 0.851. The van der Waals surface area contributed by atoms with Gasteiger partial charge < -0.3 is 4.90 Å². The van der Waals surface area contributed by atoms with Crippen LogP contribution in [0.5, 0.6) is 0 Å². The summed E-state index contributed by atoms with van der Waals surface area (Å²) in [5, 5.41) is 6.25. The molecule has 16 heavy (non-hydrogen) atoms. The topological polar surface area (TPSA) is 49.0 Å². The molecule has 0 saturated heterocycles. The Labute approximate surface area is 96.6 Å². The molecular weight excluding hydrogens is 240 g/mol. The van der Waals surface area contributed by atoms with Gasteiger partial charge in [-0.25, -0.2) is 8.78 Å². The number of hydrogen-bond donors (Lipinski definition) is 1. The molecule has 0 aliphatic heterocycles. The van der Waals surface area contributed by atoms with Gasteiger partial charge in [-0.1, -0.05) is 0 Å². The normalized spacial score (nSPS) is 10.8. The SMILES string of the molecule is Cc1[nH]ncc1C(=O)N(CCCl)CC(F)F. The minimum absolute atomic E-state index is 0.0926. The monoisotopic (exact) mass is 251 g/mol. The zero-order chi connectivity index (χ0) is 12.1. The van der Waals surface area contributed by atoms with Crippen molar-refractivity contribution >= 4 is 17.5 Å². The summed E-state index contributed by atoms with van der Waals surface area (Å²) in [6, 6.07) is 0. The van der Waals surface area contributed by atoms with E-state index in [-0.39, 0.29) is 12.4 Å². The summed E-state index contributed by atoms with van der Waals surface area (Å²) in [4.78, 5) is 12.8. The van der Waals surface area contributed by atoms with Crippen LogP contribution in [0, 0.1) is 6.92 Å². The van der Waals surface area contributed by atoms with Gasteiger partial charge in [0.1, 0.15) is 0 Å². The van der Waals surface area contributed by atoms with Crippen molar-refractivity contribution in [3.05, 3.63) is 17.5 Å². The van der Waals surface area contributed by atoms with E-state index in [1.165, 1.54) is 6.20 Å². The first-order valence-corrected chi connectivity index (χ1v) is 5.23. The maximum atomic E-state index is 12.3. The molecule has 0 fully saturated rings. The molecule has 4 nitrogen and oxygen atoms in total. The fraction of sp³-hybridized carbons (Fsp3) is 0.556. The van der Waals surface area contributed by atoms with Crippen LogP contribution in [0.4, 0.5) is 8.78 Å². The fourth-order valence-corrected chi connectivity index (χ4v) is 1.49. The number of nitrogens with one attached hydrogen (secondary N) is 1. The van der Waals surface area contributed by atoms with E-state index in [9.17, 15) is 13.6 Å². The van der Waals surface area contributed by atoms with E-state index in [2.05, 4.69) is 10.2 Å². The summed E-state index contributed by atoms with van der Waals surface area (Å²) in [6.45, 7) is 1.13. The Morgan fingerprint density at radius 1 is 1.69 bits per heavy atom. The minimum Gasteiger partial charge on any atom is -0.332 e. The number of hydrogen-bond acceptors (Lipinski definition) is 2. The van der Waals surface area contributed by atoms with Gasteiger partial charge in [0.05, 0.1) is 18.3 Å². The first-order valence-electron chi connectivity index (χ1n) is 4.69. The van der Waals surface area contributed by atoms with Gasteiger partial charge in [-0.3, -0.25) is 9.89 Å². The van der Waals surface area contributed by atoms with Crippen LogP contribution in [-0.4, -0.2) is 46.4 Å². The van der Waals surface area contributed by atoms with Crippen molar-refractivity contribution in [1.82, 2.24) is 15.1 Å². The van der Waals surface area contributed by atoms with E-state index in [1.807, 2.05) is 0 Å². The molecule has 1 rings (SSSR count). The average molecular weight is 252 g/mol. The molecule has 0 aromatic carbocycles. The molecular formula is C9H12ClF2N3O. The number of rotatable bonds is 5. The second-order valence-electron chi connectivity index (χ2n) is 3.24. The molecule has 0 aliphatic carbocycles. The van der Waals surface area contributed by atoms with Crippen LogP contribution < -0.4 is 0 Å². The van der Waals surface area contributed by atoms with Gasteiger partial charge in [0.15, 0.2) is 0 Å². The number of alkyl halides is 3. The predicted molar refractivity (Wildman–Crippen MR) is 56.0 cm³/mol. The highest BCUT2D eigenvalue weighted by Crippen LogP contribution is 2.09. The van der Waals surface area contributed by atoms with Crippen LogP contribution >= 0.6 is 11.6 Å². The second-order valence-corrected chi connectivity index (χ2v) is 3.62. The molecule has 0 aliphatic rings. The Balaban J connectivity index is 2.78. The van der Waals surface area contributed by atoms with E-state index in [4.69, 9.17) is 11.6 Å². The molecule has 1 N–H and O–H groups in total.